The average Bonchev–Trinajstić information content (AvgIpc) is 2.93. The molecule has 1 atom stereocenters. The van der Waals surface area contributed by atoms with Gasteiger partial charge in [0, 0.05) is 12.5 Å². The molecule has 9 heteroatoms. The van der Waals surface area contributed by atoms with E-state index in [0.717, 1.165) is 25.7 Å². The smallest absolute Gasteiger partial charge is 0.240 e. The van der Waals surface area contributed by atoms with Crippen LogP contribution in [-0.4, -0.2) is 47.0 Å². The van der Waals surface area contributed by atoms with E-state index in [-0.39, 0.29) is 35.5 Å². The van der Waals surface area contributed by atoms with Crippen molar-refractivity contribution in [1.82, 2.24) is 5.32 Å². The summed E-state index contributed by atoms with van der Waals surface area (Å²) in [4.78, 5) is 27.5. The van der Waals surface area contributed by atoms with Gasteiger partial charge in [-0.2, -0.15) is 0 Å². The highest BCUT2D eigenvalue weighted by Crippen LogP contribution is 2.42. The van der Waals surface area contributed by atoms with E-state index in [1.807, 2.05) is 0 Å². The zero-order valence-corrected chi connectivity index (χ0v) is 20.3. The second-order valence-corrected chi connectivity index (χ2v) is 10.8. The van der Waals surface area contributed by atoms with Crippen molar-refractivity contribution in [3.8, 4) is 11.5 Å². The van der Waals surface area contributed by atoms with Crippen LogP contribution in [0.15, 0.2) is 47.4 Å². The lowest BCUT2D eigenvalue weighted by Crippen LogP contribution is -2.45. The highest BCUT2D eigenvalue weighted by Gasteiger charge is 2.40. The predicted octanol–water partition coefficient (Wildman–Crippen LogP) is 3.40. The molecule has 1 fully saturated rings. The second kappa shape index (κ2) is 10.0. The molecule has 34 heavy (non-hydrogen) atoms. The number of rotatable bonds is 6. The topological polar surface area (TPSA) is 102 Å². The molecule has 2 aromatic carbocycles. The number of amides is 2. The summed E-state index contributed by atoms with van der Waals surface area (Å²) in [5, 5.41) is 1.90. The van der Waals surface area contributed by atoms with Crippen LogP contribution in [0.4, 0.5) is 5.69 Å². The van der Waals surface area contributed by atoms with Crippen molar-refractivity contribution in [3.63, 3.8) is 0 Å². The normalized spacial score (nSPS) is 20.2. The molecule has 1 saturated carbocycles. The standard InChI is InChI=1S/C25H30N2O6S/c1-32-20-13-12-17(14-21(20)33-2)23-15-25(29)27(16-24(28)26-18-8-4-3-5-9-18)19-10-6-7-11-22(19)34(23,30)31/h6-7,10-14,18,23H,3-5,8-9,15-16H2,1-2H3,(H,26,28)/t23-/m0/s1. The van der Waals surface area contributed by atoms with E-state index >= 15 is 0 Å². The van der Waals surface area contributed by atoms with Crippen molar-refractivity contribution in [2.24, 2.45) is 0 Å². The molecule has 0 radical (unpaired) electrons. The predicted molar refractivity (Wildman–Crippen MR) is 128 cm³/mol. The number of ether oxygens (including phenoxy) is 2. The van der Waals surface area contributed by atoms with E-state index in [2.05, 4.69) is 5.32 Å². The lowest BCUT2D eigenvalue weighted by molar-refractivity contribution is -0.124. The van der Waals surface area contributed by atoms with Crippen LogP contribution in [0, 0.1) is 0 Å². The Kier molecular flexibility index (Phi) is 7.11. The molecular formula is C25H30N2O6S. The summed E-state index contributed by atoms with van der Waals surface area (Å²) in [7, 11) is -0.972. The zero-order chi connectivity index (χ0) is 24.3. The molecule has 0 spiro atoms. The van der Waals surface area contributed by atoms with Gasteiger partial charge in [0.1, 0.15) is 6.54 Å². The molecule has 0 unspecified atom stereocenters. The molecule has 0 saturated heterocycles. The van der Waals surface area contributed by atoms with Gasteiger partial charge < -0.3 is 19.7 Å². The maximum Gasteiger partial charge on any atom is 0.240 e. The third-order valence-electron chi connectivity index (χ3n) is 6.55. The fourth-order valence-electron chi connectivity index (χ4n) is 4.77. The molecule has 2 aliphatic rings. The lowest BCUT2D eigenvalue weighted by Gasteiger charge is -2.26. The van der Waals surface area contributed by atoms with Crippen LogP contribution in [-0.2, 0) is 19.4 Å². The number of sulfone groups is 1. The molecule has 1 aliphatic heterocycles. The Morgan fingerprint density at radius 1 is 1.03 bits per heavy atom. The summed E-state index contributed by atoms with van der Waals surface area (Å²) >= 11 is 0. The quantitative estimate of drug-likeness (QED) is 0.672. The minimum absolute atomic E-state index is 0.0334. The Hall–Kier alpha value is -3.07. The van der Waals surface area contributed by atoms with Gasteiger partial charge in [-0.25, -0.2) is 8.42 Å². The van der Waals surface area contributed by atoms with Crippen molar-refractivity contribution in [1.29, 1.82) is 0 Å². The van der Waals surface area contributed by atoms with Gasteiger partial charge >= 0.3 is 0 Å². The molecule has 1 N–H and O–H groups in total. The number of fused-ring (bicyclic) bond motifs is 1. The van der Waals surface area contributed by atoms with Gasteiger partial charge in [0.15, 0.2) is 21.3 Å². The maximum atomic E-state index is 13.7. The monoisotopic (exact) mass is 486 g/mol. The van der Waals surface area contributed by atoms with Crippen molar-refractivity contribution >= 4 is 27.3 Å². The number of methoxy groups -OCH3 is 2. The van der Waals surface area contributed by atoms with Crippen LogP contribution in [0.2, 0.25) is 0 Å². The van der Waals surface area contributed by atoms with E-state index in [1.54, 1.807) is 36.4 Å². The number of carbonyl (C=O) groups is 2. The Morgan fingerprint density at radius 2 is 1.74 bits per heavy atom. The Labute approximate surface area is 200 Å². The van der Waals surface area contributed by atoms with Crippen molar-refractivity contribution in [3.05, 3.63) is 48.0 Å². The number of nitrogens with zero attached hydrogens (tertiary/aromatic N) is 1. The van der Waals surface area contributed by atoms with E-state index in [1.165, 1.54) is 31.6 Å². The van der Waals surface area contributed by atoms with Gasteiger partial charge in [-0.05, 0) is 42.7 Å². The fraction of sp³-hybridized carbons (Fsp3) is 0.440. The van der Waals surface area contributed by atoms with Crippen LogP contribution in [0.25, 0.3) is 0 Å². The van der Waals surface area contributed by atoms with Gasteiger partial charge in [0.25, 0.3) is 0 Å². The maximum absolute atomic E-state index is 13.7. The molecule has 1 aliphatic carbocycles. The zero-order valence-electron chi connectivity index (χ0n) is 19.5. The first-order chi connectivity index (χ1) is 16.3. The van der Waals surface area contributed by atoms with Crippen molar-refractivity contribution in [2.75, 3.05) is 25.7 Å². The first-order valence-corrected chi connectivity index (χ1v) is 13.0. The van der Waals surface area contributed by atoms with Gasteiger partial charge in [0.2, 0.25) is 11.8 Å². The highest BCUT2D eigenvalue weighted by atomic mass is 32.2. The van der Waals surface area contributed by atoms with Gasteiger partial charge in [-0.15, -0.1) is 0 Å². The summed E-state index contributed by atoms with van der Waals surface area (Å²) in [6.07, 6.45) is 4.87. The van der Waals surface area contributed by atoms with Crippen LogP contribution in [0.3, 0.4) is 0 Å². The molecule has 0 bridgehead atoms. The first-order valence-electron chi connectivity index (χ1n) is 11.5. The number of hydrogen-bond donors (Lipinski definition) is 1. The van der Waals surface area contributed by atoms with E-state index in [0.29, 0.717) is 17.1 Å². The SMILES string of the molecule is COc1ccc([C@@H]2CC(=O)N(CC(=O)NC3CCCCC3)c3ccccc3S2(=O)=O)cc1OC. The van der Waals surface area contributed by atoms with E-state index < -0.39 is 21.0 Å². The molecule has 182 valence electrons. The summed E-state index contributed by atoms with van der Waals surface area (Å²) in [6, 6.07) is 11.3. The van der Waals surface area contributed by atoms with Crippen LogP contribution in [0.1, 0.15) is 49.3 Å². The van der Waals surface area contributed by atoms with Crippen molar-refractivity contribution < 1.29 is 27.5 Å². The Balaban J connectivity index is 1.68. The Bertz CT molecular complexity index is 1170. The molecule has 2 amide bonds. The summed E-state index contributed by atoms with van der Waals surface area (Å²) in [5.41, 5.74) is 0.656. The number of nitrogens with one attached hydrogen (secondary N) is 1. The highest BCUT2D eigenvalue weighted by molar-refractivity contribution is 7.92. The third kappa shape index (κ3) is 4.75. The molecular weight excluding hydrogens is 456 g/mol. The molecule has 8 nitrogen and oxygen atoms in total. The number of hydrogen-bond acceptors (Lipinski definition) is 6. The average molecular weight is 487 g/mol. The Morgan fingerprint density at radius 3 is 2.44 bits per heavy atom. The van der Waals surface area contributed by atoms with Crippen molar-refractivity contribution in [2.45, 2.75) is 54.7 Å². The van der Waals surface area contributed by atoms with Crippen LogP contribution >= 0.6 is 0 Å². The largest absolute Gasteiger partial charge is 0.493 e. The first kappa shape index (κ1) is 24.1. The fourth-order valence-corrected chi connectivity index (χ4v) is 6.69. The van der Waals surface area contributed by atoms with Gasteiger partial charge in [0.05, 0.1) is 30.1 Å². The molecule has 2 aromatic rings. The molecule has 0 aromatic heterocycles. The van der Waals surface area contributed by atoms with Crippen LogP contribution in [0.5, 0.6) is 11.5 Å². The number of carbonyl (C=O) groups excluding carboxylic acids is 2. The molecule has 4 rings (SSSR count). The van der Waals surface area contributed by atoms with E-state index in [4.69, 9.17) is 9.47 Å². The van der Waals surface area contributed by atoms with E-state index in [9.17, 15) is 18.0 Å². The minimum atomic E-state index is -3.94. The van der Waals surface area contributed by atoms with Gasteiger partial charge in [-0.1, -0.05) is 37.5 Å². The summed E-state index contributed by atoms with van der Waals surface area (Å²) < 4.78 is 38.0. The minimum Gasteiger partial charge on any atom is -0.493 e. The summed E-state index contributed by atoms with van der Waals surface area (Å²) in [5.74, 6) is 0.137. The van der Waals surface area contributed by atoms with Crippen LogP contribution < -0.4 is 19.7 Å². The number of anilines is 1. The van der Waals surface area contributed by atoms with Gasteiger partial charge in [-0.3, -0.25) is 9.59 Å². The lowest BCUT2D eigenvalue weighted by atomic mass is 9.95. The third-order valence-corrected chi connectivity index (χ3v) is 8.70. The number of para-hydroxylation sites is 1. The second-order valence-electron chi connectivity index (χ2n) is 8.70. The summed E-state index contributed by atoms with van der Waals surface area (Å²) in [6.45, 7) is -0.222. The number of benzene rings is 2. The molecule has 1 heterocycles.